The molecular formula is C19H19F2NO5S. The molecule has 28 heavy (non-hydrogen) atoms. The van der Waals surface area contributed by atoms with Crippen molar-refractivity contribution in [2.45, 2.75) is 31.3 Å². The first-order valence-electron chi connectivity index (χ1n) is 8.33. The van der Waals surface area contributed by atoms with Crippen molar-refractivity contribution < 1.29 is 31.5 Å². The van der Waals surface area contributed by atoms with Gasteiger partial charge in [0, 0.05) is 5.69 Å². The summed E-state index contributed by atoms with van der Waals surface area (Å²) in [7, 11) is -3.80. The average Bonchev–Trinajstić information content (AvgIpc) is 2.63. The van der Waals surface area contributed by atoms with Crippen LogP contribution in [0.3, 0.4) is 0 Å². The van der Waals surface area contributed by atoms with Crippen LogP contribution >= 0.6 is 0 Å². The molecule has 1 atom stereocenters. The van der Waals surface area contributed by atoms with E-state index in [0.29, 0.717) is 5.56 Å². The number of sulfone groups is 1. The quantitative estimate of drug-likeness (QED) is 0.559. The third-order valence-corrected chi connectivity index (χ3v) is 5.60. The Balaban J connectivity index is 1.88. The highest BCUT2D eigenvalue weighted by Crippen LogP contribution is 2.15. The first-order chi connectivity index (χ1) is 13.1. The average molecular weight is 411 g/mol. The molecule has 2 aromatic carbocycles. The third kappa shape index (κ3) is 5.85. The van der Waals surface area contributed by atoms with Gasteiger partial charge in [0.05, 0.1) is 17.1 Å². The molecule has 0 saturated heterocycles. The maximum Gasteiger partial charge on any atom is 0.307 e. The van der Waals surface area contributed by atoms with Crippen LogP contribution in [0.1, 0.15) is 18.9 Å². The van der Waals surface area contributed by atoms with Crippen molar-refractivity contribution in [3.8, 4) is 0 Å². The molecule has 0 spiro atoms. The first-order valence-corrected chi connectivity index (χ1v) is 9.98. The van der Waals surface area contributed by atoms with Crippen molar-refractivity contribution in [3.63, 3.8) is 0 Å². The molecule has 0 aromatic heterocycles. The van der Waals surface area contributed by atoms with E-state index in [9.17, 15) is 26.8 Å². The van der Waals surface area contributed by atoms with E-state index in [1.165, 1.54) is 19.1 Å². The fourth-order valence-corrected chi connectivity index (χ4v) is 3.42. The normalized spacial score (nSPS) is 12.3. The summed E-state index contributed by atoms with van der Waals surface area (Å²) in [6.07, 6.45) is -1.68. The molecule has 0 bridgehead atoms. The van der Waals surface area contributed by atoms with Gasteiger partial charge in [0.15, 0.2) is 15.9 Å². The molecule has 0 unspecified atom stereocenters. The van der Waals surface area contributed by atoms with Gasteiger partial charge in [0.25, 0.3) is 5.91 Å². The van der Waals surface area contributed by atoms with Crippen molar-refractivity contribution in [3.05, 3.63) is 59.7 Å². The number of hydrogen-bond donors (Lipinski definition) is 1. The molecule has 150 valence electrons. The van der Waals surface area contributed by atoms with Crippen LogP contribution in [0, 0.1) is 18.6 Å². The lowest BCUT2D eigenvalue weighted by atomic mass is 10.2. The van der Waals surface area contributed by atoms with Gasteiger partial charge in [0.2, 0.25) is 0 Å². The molecule has 0 aliphatic rings. The van der Waals surface area contributed by atoms with E-state index in [0.717, 1.165) is 30.3 Å². The van der Waals surface area contributed by atoms with Gasteiger partial charge in [-0.2, -0.15) is 0 Å². The zero-order valence-corrected chi connectivity index (χ0v) is 16.1. The van der Waals surface area contributed by atoms with E-state index in [-0.39, 0.29) is 10.6 Å². The molecule has 0 aliphatic heterocycles. The molecule has 0 radical (unpaired) electrons. The Labute approximate surface area is 161 Å². The van der Waals surface area contributed by atoms with Crippen molar-refractivity contribution in [2.24, 2.45) is 0 Å². The maximum absolute atomic E-state index is 13.5. The van der Waals surface area contributed by atoms with Crippen LogP contribution in [0.4, 0.5) is 14.5 Å². The predicted molar refractivity (Wildman–Crippen MR) is 98.4 cm³/mol. The molecule has 1 amide bonds. The largest absolute Gasteiger partial charge is 0.453 e. The van der Waals surface area contributed by atoms with Gasteiger partial charge in [-0.1, -0.05) is 6.07 Å². The molecule has 0 heterocycles. The molecule has 2 rings (SSSR count). The van der Waals surface area contributed by atoms with E-state index in [1.54, 1.807) is 6.92 Å². The number of aryl methyl sites for hydroxylation is 1. The molecule has 6 nitrogen and oxygen atoms in total. The number of hydrogen-bond acceptors (Lipinski definition) is 5. The van der Waals surface area contributed by atoms with Gasteiger partial charge in [-0.25, -0.2) is 17.2 Å². The second kappa shape index (κ2) is 8.92. The van der Waals surface area contributed by atoms with Crippen LogP contribution in [0.2, 0.25) is 0 Å². The highest BCUT2D eigenvalue weighted by atomic mass is 32.2. The summed E-state index contributed by atoms with van der Waals surface area (Å²) in [5.74, 6) is -3.18. The van der Waals surface area contributed by atoms with Gasteiger partial charge in [-0.3, -0.25) is 9.59 Å². The van der Waals surface area contributed by atoms with Crippen molar-refractivity contribution in [1.29, 1.82) is 0 Å². The smallest absolute Gasteiger partial charge is 0.307 e. The van der Waals surface area contributed by atoms with Crippen LogP contribution < -0.4 is 5.32 Å². The SMILES string of the molecule is Cc1ccc(NC(=O)[C@H](C)OC(=O)CCS(=O)(=O)c2ccc(F)cc2)cc1F. The molecule has 0 saturated carbocycles. The molecule has 0 fully saturated rings. The summed E-state index contributed by atoms with van der Waals surface area (Å²) in [6, 6.07) is 8.34. The Hall–Kier alpha value is -2.81. The van der Waals surface area contributed by atoms with Gasteiger partial charge in [0.1, 0.15) is 11.6 Å². The van der Waals surface area contributed by atoms with E-state index in [2.05, 4.69) is 5.32 Å². The Morgan fingerprint density at radius 3 is 2.36 bits per heavy atom. The Morgan fingerprint density at radius 2 is 1.75 bits per heavy atom. The first kappa shape index (κ1) is 21.5. The van der Waals surface area contributed by atoms with Crippen LogP contribution in [0.15, 0.2) is 47.4 Å². The number of nitrogens with one attached hydrogen (secondary N) is 1. The van der Waals surface area contributed by atoms with Crippen LogP contribution in [0.25, 0.3) is 0 Å². The Bertz CT molecular complexity index is 974. The standard InChI is InChI=1S/C19H19F2NO5S/c1-12-3-6-15(11-17(12)21)22-19(24)13(2)27-18(23)9-10-28(25,26)16-7-4-14(20)5-8-16/h3-8,11,13H,9-10H2,1-2H3,(H,22,24)/t13-/m0/s1. The van der Waals surface area contributed by atoms with Crippen LogP contribution in [-0.2, 0) is 24.2 Å². The van der Waals surface area contributed by atoms with Crippen molar-refractivity contribution in [2.75, 3.05) is 11.1 Å². The molecule has 9 heteroatoms. The lowest BCUT2D eigenvalue weighted by Gasteiger charge is -2.14. The van der Waals surface area contributed by atoms with Gasteiger partial charge in [-0.15, -0.1) is 0 Å². The topological polar surface area (TPSA) is 89.5 Å². The number of amides is 1. The van der Waals surface area contributed by atoms with Crippen molar-refractivity contribution in [1.82, 2.24) is 0 Å². The number of benzene rings is 2. The molecular weight excluding hydrogens is 392 g/mol. The zero-order valence-electron chi connectivity index (χ0n) is 15.2. The van der Waals surface area contributed by atoms with Gasteiger partial charge < -0.3 is 10.1 Å². The maximum atomic E-state index is 13.5. The zero-order chi connectivity index (χ0) is 20.9. The lowest BCUT2D eigenvalue weighted by Crippen LogP contribution is -2.30. The monoisotopic (exact) mass is 411 g/mol. The highest BCUT2D eigenvalue weighted by Gasteiger charge is 2.21. The van der Waals surface area contributed by atoms with Crippen LogP contribution in [0.5, 0.6) is 0 Å². The van der Waals surface area contributed by atoms with E-state index >= 15 is 0 Å². The van der Waals surface area contributed by atoms with E-state index in [1.807, 2.05) is 0 Å². The summed E-state index contributed by atoms with van der Waals surface area (Å²) in [5.41, 5.74) is 0.620. The van der Waals surface area contributed by atoms with Crippen LogP contribution in [-0.4, -0.2) is 32.2 Å². The van der Waals surface area contributed by atoms with Gasteiger partial charge in [-0.05, 0) is 55.8 Å². The summed E-state index contributed by atoms with van der Waals surface area (Å²) >= 11 is 0. The fourth-order valence-electron chi connectivity index (χ4n) is 2.20. The number of halogens is 2. The molecule has 1 N–H and O–H groups in total. The van der Waals surface area contributed by atoms with E-state index in [4.69, 9.17) is 4.74 Å². The summed E-state index contributed by atoms with van der Waals surface area (Å²) in [6.45, 7) is 2.89. The lowest BCUT2D eigenvalue weighted by molar-refractivity contribution is -0.152. The van der Waals surface area contributed by atoms with Gasteiger partial charge >= 0.3 is 5.97 Å². The molecule has 2 aromatic rings. The second-order valence-corrected chi connectivity index (χ2v) is 8.22. The summed E-state index contributed by atoms with van der Waals surface area (Å²) in [5, 5.41) is 2.41. The predicted octanol–water partition coefficient (Wildman–Crippen LogP) is 3.01. The highest BCUT2D eigenvalue weighted by molar-refractivity contribution is 7.91. The number of ether oxygens (including phenoxy) is 1. The number of anilines is 1. The minimum absolute atomic E-state index is 0.117. The minimum Gasteiger partial charge on any atom is -0.453 e. The second-order valence-electron chi connectivity index (χ2n) is 6.11. The molecule has 0 aliphatic carbocycles. The van der Waals surface area contributed by atoms with E-state index < -0.39 is 51.6 Å². The Kier molecular flexibility index (Phi) is 6.85. The van der Waals surface area contributed by atoms with Crippen molar-refractivity contribution >= 4 is 27.4 Å². The summed E-state index contributed by atoms with van der Waals surface area (Å²) < 4.78 is 55.5. The fraction of sp³-hybridized carbons (Fsp3) is 0.263. The number of rotatable bonds is 7. The summed E-state index contributed by atoms with van der Waals surface area (Å²) in [4.78, 5) is 23.8. The number of carbonyl (C=O) groups excluding carboxylic acids is 2. The Morgan fingerprint density at radius 1 is 1.11 bits per heavy atom. The minimum atomic E-state index is -3.80. The third-order valence-electron chi connectivity index (χ3n) is 3.86. The number of esters is 1. The number of carbonyl (C=O) groups is 2.